The average molecular weight is 803 g/mol. The van der Waals surface area contributed by atoms with Crippen LogP contribution in [0.3, 0.4) is 0 Å². The van der Waals surface area contributed by atoms with Gasteiger partial charge >= 0.3 is 23.0 Å². The summed E-state index contributed by atoms with van der Waals surface area (Å²) in [5.41, 5.74) is 3.67. The number of fused-ring (bicyclic) bond motifs is 20. The van der Waals surface area contributed by atoms with Crippen molar-refractivity contribution in [3.63, 3.8) is 0 Å². The monoisotopic (exact) mass is 800 g/mol. The number of aromatic nitrogens is 8. The molecule has 1 N–H and O–H groups in total. The van der Waals surface area contributed by atoms with Crippen LogP contribution in [0.4, 0.5) is 0 Å². The minimum absolute atomic E-state index is 0. The van der Waals surface area contributed by atoms with Crippen molar-refractivity contribution in [1.82, 2.24) is 34.9 Å². The Morgan fingerprint density at radius 2 is 1.14 bits per heavy atom. The number of hydrogen-bond donors (Lipinski definition) is 1. The van der Waals surface area contributed by atoms with E-state index in [2.05, 4.69) is 0 Å². The number of halogens is 4. The third-order valence-corrected chi connectivity index (χ3v) is 10.3. The van der Waals surface area contributed by atoms with E-state index in [9.17, 15) is 9.90 Å². The summed E-state index contributed by atoms with van der Waals surface area (Å²) in [6, 6.07) is 20.3. The van der Waals surface area contributed by atoms with Crippen LogP contribution in [-0.4, -0.2) is 42.6 Å². The predicted molar refractivity (Wildman–Crippen MR) is 191 cm³/mol. The molecule has 1 radical (unpaired) electrons. The number of carbonyl (C=O) groups is 1. The Kier molecular flexibility index (Phi) is 8.14. The van der Waals surface area contributed by atoms with Gasteiger partial charge in [-0.2, -0.15) is 0 Å². The van der Waals surface area contributed by atoms with Crippen LogP contribution in [0, 0.1) is 0 Å². The van der Waals surface area contributed by atoms with Gasteiger partial charge in [-0.1, -0.05) is 94.9 Å². The summed E-state index contributed by atoms with van der Waals surface area (Å²) in [6.07, 6.45) is 0. The van der Waals surface area contributed by atoms with Crippen LogP contribution in [0.1, 0.15) is 0 Å². The Hall–Kier alpha value is -4.81. The Labute approximate surface area is 317 Å². The van der Waals surface area contributed by atoms with E-state index in [1.165, 1.54) is 0 Å². The van der Waals surface area contributed by atoms with E-state index in [-0.39, 0.29) is 42.8 Å². The molecule has 16 heteroatoms. The number of benzene rings is 4. The maximum Gasteiger partial charge on any atom is 2.00 e. The molecule has 7 aromatic rings. The molecule has 8 bridgehead atoms. The molecule has 0 saturated carbocycles. The quantitative estimate of drug-likeness (QED) is 0.0820. The first-order chi connectivity index (χ1) is 24.2. The van der Waals surface area contributed by atoms with Crippen molar-refractivity contribution in [2.24, 2.45) is 7.05 Å². The van der Waals surface area contributed by atoms with Gasteiger partial charge in [0.05, 0.1) is 38.8 Å². The van der Waals surface area contributed by atoms with Gasteiger partial charge < -0.3 is 39.7 Å². The molecule has 5 heterocycles. The molecule has 11 nitrogen and oxygen atoms in total. The Morgan fingerprint density at radius 1 is 0.667 bits per heavy atom. The van der Waals surface area contributed by atoms with Gasteiger partial charge in [0, 0.05) is 44.8 Å². The molecule has 0 amide bonds. The zero-order valence-corrected chi connectivity index (χ0v) is 29.7. The van der Waals surface area contributed by atoms with Crippen molar-refractivity contribution in [3.8, 4) is 51.3 Å². The molecule has 0 saturated heterocycles. The van der Waals surface area contributed by atoms with Crippen LogP contribution in [0.15, 0.2) is 66.7 Å². The molecule has 0 spiro atoms. The largest absolute Gasteiger partial charge is 2.00 e. The van der Waals surface area contributed by atoms with E-state index in [1.807, 2.05) is 48.5 Å². The van der Waals surface area contributed by atoms with E-state index >= 15 is 0 Å². The standard InChI is InChI=1S/C35H18Cl4N8O3.Cu/c1-47-34-22-23(25(37)27(39)26(38)24(22)36)35(47)46-33-20-12-14(50-13-21(48)49)10-11-19(20)31(44-33)42-29-16-7-3-2-6-15(16)28(40-29)41-30-17-8-4-5-9-18(17)32(43-30)45-34;/h2-12H,13H2,1H3,(H2,40,41,42,43,44,45,46,48,49);/q;+2/p-1. The Morgan fingerprint density at radius 3 is 1.67 bits per heavy atom. The summed E-state index contributed by atoms with van der Waals surface area (Å²) < 4.78 is 7.22. The van der Waals surface area contributed by atoms with E-state index < -0.39 is 12.6 Å². The van der Waals surface area contributed by atoms with Gasteiger partial charge in [-0.15, -0.1) is 0 Å². The van der Waals surface area contributed by atoms with E-state index in [0.29, 0.717) is 67.9 Å². The molecule has 2 aliphatic heterocycles. The topological polar surface area (TPSA) is 143 Å². The fraction of sp³-hybridized carbons (Fsp3) is 0.0571. The first-order valence-corrected chi connectivity index (χ1v) is 16.5. The molecule has 253 valence electrons. The van der Waals surface area contributed by atoms with Gasteiger partial charge in [0.2, 0.25) is 0 Å². The molecule has 3 aromatic heterocycles. The third-order valence-electron chi connectivity index (χ3n) is 8.49. The second kappa shape index (κ2) is 12.4. The molecule has 0 fully saturated rings. The van der Waals surface area contributed by atoms with Gasteiger partial charge in [0.1, 0.15) is 17.4 Å². The smallest absolute Gasteiger partial charge is 0.482 e. The molecular weight excluding hydrogens is 786 g/mol. The molecule has 4 aromatic carbocycles. The van der Waals surface area contributed by atoms with Crippen LogP contribution in [-0.2, 0) is 28.9 Å². The Balaban J connectivity index is 0.00000374. The molecule has 0 aliphatic carbocycles. The molecular formula is C35H17Cl4CuN8O3+. The molecule has 9 rings (SSSR count). The van der Waals surface area contributed by atoms with Crippen LogP contribution < -0.4 is 19.3 Å². The zero-order chi connectivity index (χ0) is 34.4. The van der Waals surface area contributed by atoms with Crippen LogP contribution in [0.2, 0.25) is 20.1 Å². The number of rotatable bonds is 3. The predicted octanol–water partition coefficient (Wildman–Crippen LogP) is 7.63. The number of aliphatic carboxylic acids is 1. The maximum atomic E-state index is 11.3. The number of carboxylic acids is 1. The summed E-state index contributed by atoms with van der Waals surface area (Å²) >= 11 is 27.0. The van der Waals surface area contributed by atoms with Gasteiger partial charge in [-0.05, 0) is 39.7 Å². The van der Waals surface area contributed by atoms with E-state index in [1.54, 1.807) is 29.8 Å². The summed E-state index contributed by atoms with van der Waals surface area (Å²) in [5.74, 6) is 0.677. The summed E-state index contributed by atoms with van der Waals surface area (Å²) in [7, 11) is 1.75. The zero-order valence-electron chi connectivity index (χ0n) is 25.7. The average Bonchev–Trinajstić information content (AvgIpc) is 3.83. The Bertz CT molecular complexity index is 2840. The minimum atomic E-state index is -1.12. The number of ether oxygens (including phenoxy) is 1. The van der Waals surface area contributed by atoms with Crippen molar-refractivity contribution < 1.29 is 36.3 Å². The van der Waals surface area contributed by atoms with Crippen molar-refractivity contribution in [2.45, 2.75) is 0 Å². The number of hydrogen-bond acceptors (Lipinski definition) is 7. The van der Waals surface area contributed by atoms with Gasteiger partial charge in [0.25, 0.3) is 0 Å². The van der Waals surface area contributed by atoms with Crippen molar-refractivity contribution >= 4 is 96.5 Å². The van der Waals surface area contributed by atoms with Crippen LogP contribution in [0.25, 0.3) is 89.7 Å². The van der Waals surface area contributed by atoms with E-state index in [4.69, 9.17) is 86.0 Å². The summed E-state index contributed by atoms with van der Waals surface area (Å²) in [5, 5.41) is 12.2. The van der Waals surface area contributed by atoms with Crippen LogP contribution >= 0.6 is 46.4 Å². The van der Waals surface area contributed by atoms with Gasteiger partial charge in [-0.3, -0.25) is 4.57 Å². The summed E-state index contributed by atoms with van der Waals surface area (Å²) in [6.45, 7) is -0.536. The minimum Gasteiger partial charge on any atom is -0.482 e. The fourth-order valence-corrected chi connectivity index (χ4v) is 7.23. The van der Waals surface area contributed by atoms with Crippen molar-refractivity contribution in [2.75, 3.05) is 6.61 Å². The SMILES string of the molecule is C[n+]1c2nc3[n-]c(nc4nc(nc5[n-]c(nc1-c1c(Cl)c(Cl)c(Cl)c(Cl)c1-2)c1cc(OCC(=O)O)ccc51)-c1ccccc1-4)c1ccccc31.[Cu+2]. The fourth-order valence-electron chi connectivity index (χ4n) is 6.21. The molecule has 0 unspecified atom stereocenters. The van der Waals surface area contributed by atoms with E-state index in [0.717, 1.165) is 21.9 Å². The second-order valence-corrected chi connectivity index (χ2v) is 12.9. The molecule has 2 aliphatic rings. The third kappa shape index (κ3) is 5.21. The number of carboxylic acid groups (broad SMARTS) is 1. The maximum absolute atomic E-state index is 11.3. The molecule has 51 heavy (non-hydrogen) atoms. The second-order valence-electron chi connectivity index (χ2n) is 11.4. The van der Waals surface area contributed by atoms with Gasteiger partial charge in [0.15, 0.2) is 6.61 Å². The van der Waals surface area contributed by atoms with Crippen molar-refractivity contribution in [1.29, 1.82) is 0 Å². The summed E-state index contributed by atoms with van der Waals surface area (Å²) in [4.78, 5) is 45.8. The van der Waals surface area contributed by atoms with Crippen LogP contribution in [0.5, 0.6) is 5.75 Å². The van der Waals surface area contributed by atoms with Crippen molar-refractivity contribution in [3.05, 3.63) is 86.8 Å². The number of nitrogens with zero attached hydrogens (tertiary/aromatic N) is 8. The first-order valence-electron chi connectivity index (χ1n) is 14.9. The normalized spacial score (nSPS) is 11.7. The van der Waals surface area contributed by atoms with Gasteiger partial charge in [-0.25, -0.2) is 9.78 Å². The first kappa shape index (κ1) is 33.3. The molecule has 0 atom stereocenters.